The number of hydrogen-bond acceptors (Lipinski definition) is 3. The van der Waals surface area contributed by atoms with Crippen molar-refractivity contribution in [3.63, 3.8) is 0 Å². The van der Waals surface area contributed by atoms with Crippen molar-refractivity contribution in [1.29, 1.82) is 0 Å². The molecule has 0 amide bonds. The lowest BCUT2D eigenvalue weighted by Crippen LogP contribution is -2.15. The van der Waals surface area contributed by atoms with Crippen LogP contribution in [0, 0.1) is 29.1 Å². The molecule has 1 aromatic heterocycles. The maximum absolute atomic E-state index is 13.5. The Labute approximate surface area is 115 Å². The van der Waals surface area contributed by atoms with Crippen molar-refractivity contribution in [3.8, 4) is 0 Å². The fourth-order valence-corrected chi connectivity index (χ4v) is 1.90. The molecular weight excluding hydrogens is 297 g/mol. The van der Waals surface area contributed by atoms with E-state index in [9.17, 15) is 27.1 Å². The third-order valence-electron chi connectivity index (χ3n) is 2.95. The van der Waals surface area contributed by atoms with Crippen LogP contribution in [-0.2, 0) is 13.0 Å². The summed E-state index contributed by atoms with van der Waals surface area (Å²) in [5.41, 5.74) is -1.28. The van der Waals surface area contributed by atoms with Crippen LogP contribution in [0.25, 0.3) is 0 Å². The average Bonchev–Trinajstić information content (AvgIpc) is 2.90. The van der Waals surface area contributed by atoms with Gasteiger partial charge in [0.15, 0.2) is 23.3 Å². The van der Waals surface area contributed by atoms with Gasteiger partial charge >= 0.3 is 0 Å². The summed E-state index contributed by atoms with van der Waals surface area (Å²) < 4.78 is 67.5. The van der Waals surface area contributed by atoms with Gasteiger partial charge in [-0.15, -0.1) is 0 Å². The number of aromatic nitrogens is 3. The largest absolute Gasteiger partial charge is 0.388 e. The van der Waals surface area contributed by atoms with Gasteiger partial charge in [0.1, 0.15) is 12.2 Å². The number of aliphatic hydroxyl groups excluding tert-OH is 1. The summed E-state index contributed by atoms with van der Waals surface area (Å²) >= 11 is 0. The summed E-state index contributed by atoms with van der Waals surface area (Å²) in [6, 6.07) is 0. The molecule has 0 fully saturated rings. The molecule has 0 bridgehead atoms. The van der Waals surface area contributed by atoms with E-state index in [2.05, 4.69) is 10.1 Å². The summed E-state index contributed by atoms with van der Waals surface area (Å²) in [5, 5.41) is 13.6. The summed E-state index contributed by atoms with van der Waals surface area (Å²) in [6.45, 7) is 2.09. The molecule has 1 unspecified atom stereocenters. The minimum Gasteiger partial charge on any atom is -0.388 e. The Morgan fingerprint density at radius 2 is 1.57 bits per heavy atom. The molecule has 1 N–H and O–H groups in total. The number of nitrogens with zero attached hydrogens (tertiary/aromatic N) is 3. The first-order valence-electron chi connectivity index (χ1n) is 5.94. The normalized spacial score (nSPS) is 12.7. The van der Waals surface area contributed by atoms with E-state index >= 15 is 0 Å². The van der Waals surface area contributed by atoms with E-state index in [1.54, 1.807) is 6.92 Å². The van der Waals surface area contributed by atoms with Gasteiger partial charge in [0.25, 0.3) is 0 Å². The highest BCUT2D eigenvalue weighted by atomic mass is 19.2. The summed E-state index contributed by atoms with van der Waals surface area (Å²) in [5.74, 6) is -10.4. The SMILES string of the molecule is CCn1ncnc1CC(O)c1c(F)c(F)c(F)c(F)c1F. The number of aryl methyl sites for hydroxylation is 1. The van der Waals surface area contributed by atoms with Crippen molar-refractivity contribution in [1.82, 2.24) is 14.8 Å². The predicted molar refractivity (Wildman–Crippen MR) is 60.6 cm³/mol. The quantitative estimate of drug-likeness (QED) is 0.535. The van der Waals surface area contributed by atoms with Crippen LogP contribution in [0.5, 0.6) is 0 Å². The van der Waals surface area contributed by atoms with Crippen LogP contribution in [0.1, 0.15) is 24.4 Å². The van der Waals surface area contributed by atoms with E-state index in [4.69, 9.17) is 0 Å². The molecule has 1 atom stereocenters. The minimum absolute atomic E-state index is 0.161. The van der Waals surface area contributed by atoms with Crippen molar-refractivity contribution < 1.29 is 27.1 Å². The highest BCUT2D eigenvalue weighted by molar-refractivity contribution is 5.26. The first kappa shape index (κ1) is 15.4. The summed E-state index contributed by atoms with van der Waals surface area (Å²) in [6.07, 6.45) is -1.22. The molecule has 114 valence electrons. The second kappa shape index (κ2) is 5.76. The Morgan fingerprint density at radius 3 is 2.10 bits per heavy atom. The second-order valence-electron chi connectivity index (χ2n) is 4.20. The van der Waals surface area contributed by atoms with Gasteiger partial charge in [-0.2, -0.15) is 5.10 Å². The number of halogens is 5. The molecular formula is C12H10F5N3O. The zero-order valence-electron chi connectivity index (χ0n) is 10.7. The number of benzene rings is 1. The molecule has 0 aliphatic heterocycles. The van der Waals surface area contributed by atoms with Crippen LogP contribution in [0.4, 0.5) is 22.0 Å². The van der Waals surface area contributed by atoms with E-state index in [0.717, 1.165) is 6.33 Å². The zero-order chi connectivity index (χ0) is 15.7. The van der Waals surface area contributed by atoms with Gasteiger partial charge in [-0.1, -0.05) is 0 Å². The first-order chi connectivity index (χ1) is 9.88. The maximum atomic E-state index is 13.5. The molecule has 1 heterocycles. The van der Waals surface area contributed by atoms with Crippen molar-refractivity contribution in [2.24, 2.45) is 0 Å². The standard InChI is InChI=1S/C12H10F5N3O/c1-2-20-6(18-4-19-20)3-5(21)7-8(13)10(15)12(17)11(16)9(7)14/h4-5,21H,2-3H2,1H3. The Morgan fingerprint density at radius 1 is 1.05 bits per heavy atom. The summed E-state index contributed by atoms with van der Waals surface area (Å²) in [7, 11) is 0. The van der Waals surface area contributed by atoms with Gasteiger partial charge in [-0.05, 0) is 6.92 Å². The van der Waals surface area contributed by atoms with Crippen molar-refractivity contribution in [3.05, 3.63) is 46.8 Å². The van der Waals surface area contributed by atoms with Crippen LogP contribution in [-0.4, -0.2) is 19.9 Å². The molecule has 0 radical (unpaired) electrons. The van der Waals surface area contributed by atoms with E-state index in [0.29, 0.717) is 6.54 Å². The van der Waals surface area contributed by atoms with E-state index in [1.807, 2.05) is 0 Å². The van der Waals surface area contributed by atoms with Crippen LogP contribution in [0.3, 0.4) is 0 Å². The topological polar surface area (TPSA) is 50.9 Å². The van der Waals surface area contributed by atoms with Crippen LogP contribution in [0.15, 0.2) is 6.33 Å². The zero-order valence-corrected chi connectivity index (χ0v) is 10.7. The Bertz CT molecular complexity index is 644. The Kier molecular flexibility index (Phi) is 4.21. The number of aliphatic hydroxyl groups is 1. The van der Waals surface area contributed by atoms with E-state index in [1.165, 1.54) is 4.68 Å². The monoisotopic (exact) mass is 307 g/mol. The van der Waals surface area contributed by atoms with Crippen molar-refractivity contribution >= 4 is 0 Å². The highest BCUT2D eigenvalue weighted by Gasteiger charge is 2.30. The van der Waals surface area contributed by atoms with Gasteiger partial charge in [-0.25, -0.2) is 26.9 Å². The highest BCUT2D eigenvalue weighted by Crippen LogP contribution is 2.29. The molecule has 0 aliphatic carbocycles. The fourth-order valence-electron chi connectivity index (χ4n) is 1.90. The molecule has 2 aromatic rings. The Hall–Kier alpha value is -2.03. The molecule has 21 heavy (non-hydrogen) atoms. The van der Waals surface area contributed by atoms with E-state index in [-0.39, 0.29) is 5.82 Å². The first-order valence-corrected chi connectivity index (χ1v) is 5.94. The molecule has 0 spiro atoms. The van der Waals surface area contributed by atoms with Gasteiger partial charge in [0.05, 0.1) is 11.7 Å². The number of rotatable bonds is 4. The van der Waals surface area contributed by atoms with E-state index < -0.39 is 47.2 Å². The third-order valence-corrected chi connectivity index (χ3v) is 2.95. The molecule has 4 nitrogen and oxygen atoms in total. The summed E-state index contributed by atoms with van der Waals surface area (Å²) in [4.78, 5) is 3.76. The van der Waals surface area contributed by atoms with Crippen LogP contribution < -0.4 is 0 Å². The van der Waals surface area contributed by atoms with Crippen molar-refractivity contribution in [2.75, 3.05) is 0 Å². The lowest BCUT2D eigenvalue weighted by molar-refractivity contribution is 0.160. The molecule has 2 rings (SSSR count). The lowest BCUT2D eigenvalue weighted by atomic mass is 10.0. The van der Waals surface area contributed by atoms with Gasteiger partial charge in [0.2, 0.25) is 5.82 Å². The number of hydrogen-bond donors (Lipinski definition) is 1. The second-order valence-corrected chi connectivity index (χ2v) is 4.20. The third kappa shape index (κ3) is 2.60. The molecule has 0 saturated carbocycles. The molecule has 9 heteroatoms. The lowest BCUT2D eigenvalue weighted by Gasteiger charge is -2.14. The smallest absolute Gasteiger partial charge is 0.200 e. The molecule has 0 aliphatic rings. The van der Waals surface area contributed by atoms with Crippen LogP contribution in [0.2, 0.25) is 0 Å². The predicted octanol–water partition coefficient (Wildman–Crippen LogP) is 2.27. The van der Waals surface area contributed by atoms with Gasteiger partial charge < -0.3 is 5.11 Å². The molecule has 1 aromatic carbocycles. The average molecular weight is 307 g/mol. The fraction of sp³-hybridized carbons (Fsp3) is 0.333. The van der Waals surface area contributed by atoms with Gasteiger partial charge in [-0.3, -0.25) is 4.68 Å². The van der Waals surface area contributed by atoms with Gasteiger partial charge in [0, 0.05) is 13.0 Å². The van der Waals surface area contributed by atoms with Crippen molar-refractivity contribution in [2.45, 2.75) is 26.0 Å². The Balaban J connectivity index is 2.42. The van der Waals surface area contributed by atoms with Crippen LogP contribution >= 0.6 is 0 Å². The molecule has 0 saturated heterocycles. The minimum atomic E-state index is -2.27. The maximum Gasteiger partial charge on any atom is 0.200 e.